The number of halogens is 5. The highest BCUT2D eigenvalue weighted by Crippen LogP contribution is 2.39. The van der Waals surface area contributed by atoms with Gasteiger partial charge in [0.2, 0.25) is 0 Å². The van der Waals surface area contributed by atoms with Crippen LogP contribution in [0, 0.1) is 31.4 Å². The van der Waals surface area contributed by atoms with Gasteiger partial charge in [0.1, 0.15) is 11.6 Å². The van der Waals surface area contributed by atoms with Crippen molar-refractivity contribution in [1.82, 2.24) is 14.7 Å². The monoisotopic (exact) mass is 611 g/mol. The number of aromatic nitrogens is 2. The van der Waals surface area contributed by atoms with Crippen LogP contribution < -0.4 is 0 Å². The number of hydrogen-bond acceptors (Lipinski definition) is 6. The van der Waals surface area contributed by atoms with Gasteiger partial charge >= 0.3 is 12.1 Å². The molecule has 13 heteroatoms. The van der Waals surface area contributed by atoms with Crippen molar-refractivity contribution in [3.8, 4) is 0 Å². The van der Waals surface area contributed by atoms with Crippen LogP contribution in [-0.4, -0.2) is 45.5 Å². The molecule has 0 radical (unpaired) electrons. The van der Waals surface area contributed by atoms with Crippen molar-refractivity contribution in [2.75, 3.05) is 13.2 Å². The molecule has 1 aliphatic rings. The van der Waals surface area contributed by atoms with Gasteiger partial charge in [0, 0.05) is 23.1 Å². The van der Waals surface area contributed by atoms with E-state index in [-0.39, 0.29) is 25.0 Å². The van der Waals surface area contributed by atoms with E-state index in [2.05, 4.69) is 5.10 Å². The number of amides is 1. The van der Waals surface area contributed by atoms with Gasteiger partial charge in [0.25, 0.3) is 5.91 Å². The number of alkyl halides is 3. The van der Waals surface area contributed by atoms with Crippen LogP contribution >= 0.6 is 11.3 Å². The molecule has 2 heterocycles. The summed E-state index contributed by atoms with van der Waals surface area (Å²) in [4.78, 5) is 40.6. The van der Waals surface area contributed by atoms with Crippen LogP contribution in [0.15, 0.2) is 29.8 Å². The minimum Gasteiger partial charge on any atom is -0.466 e. The topological polar surface area (TPSA) is 81.5 Å². The summed E-state index contributed by atoms with van der Waals surface area (Å²) in [6.45, 7) is 4.14. The van der Waals surface area contributed by atoms with Crippen LogP contribution in [0.4, 0.5) is 22.0 Å². The first-order valence-electron chi connectivity index (χ1n) is 13.4. The molecule has 0 saturated heterocycles. The van der Waals surface area contributed by atoms with Gasteiger partial charge in [-0.25, -0.2) is 8.78 Å². The van der Waals surface area contributed by atoms with Crippen LogP contribution in [-0.2, 0) is 22.3 Å². The number of esters is 1. The third kappa shape index (κ3) is 6.88. The molecule has 2 aromatic heterocycles. The molecular formula is C29H30F5N3O4S. The zero-order valence-corrected chi connectivity index (χ0v) is 24.1. The van der Waals surface area contributed by atoms with Crippen LogP contribution in [0.25, 0.3) is 0 Å². The highest BCUT2D eigenvalue weighted by Gasteiger charge is 2.43. The fourth-order valence-corrected chi connectivity index (χ4v) is 6.29. The number of thiophene rings is 1. The van der Waals surface area contributed by atoms with Crippen molar-refractivity contribution in [2.45, 2.75) is 65.2 Å². The average Bonchev–Trinajstić information content (AvgIpc) is 3.51. The number of ketones is 1. The SMILES string of the molecule is CCOC(=O)[C@H]1CC[C@H](n2ncc(C(=O)N(CC(=O)c3c(C)csc3C)Cc3cc(F)cc(F)c3)c2C(F)(F)F)CC1. The predicted octanol–water partition coefficient (Wildman–Crippen LogP) is 6.68. The molecule has 0 spiro atoms. The first-order chi connectivity index (χ1) is 19.8. The Morgan fingerprint density at radius 1 is 1.07 bits per heavy atom. The molecule has 1 aliphatic carbocycles. The number of nitrogens with zero attached hydrogens (tertiary/aromatic N) is 3. The first kappa shape index (κ1) is 31.3. The van der Waals surface area contributed by atoms with Crippen LogP contribution in [0.5, 0.6) is 0 Å². The summed E-state index contributed by atoms with van der Waals surface area (Å²) < 4.78 is 77.1. The normalized spacial score (nSPS) is 17.2. The lowest BCUT2D eigenvalue weighted by Gasteiger charge is -2.29. The highest BCUT2D eigenvalue weighted by molar-refractivity contribution is 7.10. The molecular weight excluding hydrogens is 581 g/mol. The Morgan fingerprint density at radius 3 is 2.26 bits per heavy atom. The Bertz CT molecular complexity index is 1430. The molecule has 4 rings (SSSR count). The summed E-state index contributed by atoms with van der Waals surface area (Å²) in [5.74, 6) is -4.36. The maximum absolute atomic E-state index is 14.5. The van der Waals surface area contributed by atoms with E-state index in [0.29, 0.717) is 34.9 Å². The molecule has 226 valence electrons. The minimum atomic E-state index is -4.99. The minimum absolute atomic E-state index is 0.0364. The number of carbonyl (C=O) groups is 3. The van der Waals surface area contributed by atoms with Gasteiger partial charge in [-0.05, 0) is 75.1 Å². The lowest BCUT2D eigenvalue weighted by molar-refractivity contribution is -0.151. The zero-order chi connectivity index (χ0) is 30.8. The molecule has 0 N–H and O–H groups in total. The van der Waals surface area contributed by atoms with Gasteiger partial charge < -0.3 is 9.64 Å². The maximum atomic E-state index is 14.5. The summed E-state index contributed by atoms with van der Waals surface area (Å²) in [7, 11) is 0. The molecule has 1 aromatic carbocycles. The molecule has 7 nitrogen and oxygen atoms in total. The molecule has 1 fully saturated rings. The van der Waals surface area contributed by atoms with E-state index < -0.39 is 71.8 Å². The Morgan fingerprint density at radius 2 is 1.71 bits per heavy atom. The maximum Gasteiger partial charge on any atom is 0.433 e. The Kier molecular flexibility index (Phi) is 9.49. The van der Waals surface area contributed by atoms with Crippen LogP contribution in [0.1, 0.15) is 81.1 Å². The quantitative estimate of drug-likeness (QED) is 0.153. The van der Waals surface area contributed by atoms with E-state index in [4.69, 9.17) is 4.74 Å². The number of Topliss-reactive ketones (excluding diaryl/α,β-unsaturated/α-hetero) is 1. The summed E-state index contributed by atoms with van der Waals surface area (Å²) >= 11 is 1.31. The van der Waals surface area contributed by atoms with Crippen molar-refractivity contribution in [3.63, 3.8) is 0 Å². The zero-order valence-electron chi connectivity index (χ0n) is 23.3. The van der Waals surface area contributed by atoms with Gasteiger partial charge in [-0.2, -0.15) is 18.3 Å². The van der Waals surface area contributed by atoms with E-state index in [0.717, 1.165) is 27.9 Å². The average molecular weight is 612 g/mol. The molecule has 42 heavy (non-hydrogen) atoms. The third-order valence-corrected chi connectivity index (χ3v) is 8.34. The molecule has 0 atom stereocenters. The summed E-state index contributed by atoms with van der Waals surface area (Å²) in [5.41, 5.74) is -1.11. The Labute approximate surface area is 243 Å². The number of benzene rings is 1. The highest BCUT2D eigenvalue weighted by atomic mass is 32.1. The van der Waals surface area contributed by atoms with E-state index in [1.807, 2.05) is 0 Å². The van der Waals surface area contributed by atoms with Crippen LogP contribution in [0.2, 0.25) is 0 Å². The predicted molar refractivity (Wildman–Crippen MR) is 144 cm³/mol. The van der Waals surface area contributed by atoms with E-state index in [1.54, 1.807) is 26.2 Å². The van der Waals surface area contributed by atoms with Gasteiger partial charge in [-0.15, -0.1) is 11.3 Å². The largest absolute Gasteiger partial charge is 0.466 e. The summed E-state index contributed by atoms with van der Waals surface area (Å²) in [6, 6.07) is 1.80. The molecule has 0 aliphatic heterocycles. The Balaban J connectivity index is 1.68. The van der Waals surface area contributed by atoms with Crippen molar-refractivity contribution < 1.29 is 41.1 Å². The molecule has 3 aromatic rings. The van der Waals surface area contributed by atoms with Crippen LogP contribution in [0.3, 0.4) is 0 Å². The summed E-state index contributed by atoms with van der Waals surface area (Å²) in [6.07, 6.45) is -3.15. The Hall–Kier alpha value is -3.61. The molecule has 1 saturated carbocycles. The molecule has 0 bridgehead atoms. The molecule has 1 amide bonds. The number of aryl methyl sites for hydroxylation is 2. The van der Waals surface area contributed by atoms with Gasteiger partial charge in [-0.1, -0.05) is 0 Å². The first-order valence-corrected chi connectivity index (χ1v) is 14.3. The fraction of sp³-hybridized carbons (Fsp3) is 0.448. The van der Waals surface area contributed by atoms with E-state index in [9.17, 15) is 36.3 Å². The second kappa shape index (κ2) is 12.7. The number of rotatable bonds is 9. The van der Waals surface area contributed by atoms with Gasteiger partial charge in [-0.3, -0.25) is 19.1 Å². The van der Waals surface area contributed by atoms with Gasteiger partial charge in [0.05, 0.1) is 36.9 Å². The number of hydrogen-bond donors (Lipinski definition) is 0. The van der Waals surface area contributed by atoms with E-state index >= 15 is 0 Å². The van der Waals surface area contributed by atoms with Gasteiger partial charge in [0.15, 0.2) is 11.5 Å². The van der Waals surface area contributed by atoms with Crippen molar-refractivity contribution in [2.24, 2.45) is 5.92 Å². The number of ether oxygens (including phenoxy) is 1. The van der Waals surface area contributed by atoms with Crippen molar-refractivity contribution in [1.29, 1.82) is 0 Å². The molecule has 0 unspecified atom stereocenters. The standard InChI is InChI=1S/C29H30F5N3O4S/c1-4-41-28(40)19-5-7-22(8-6-19)37-26(29(32,33)34)23(12-35-37)27(39)36(13-18-9-20(30)11-21(31)10-18)14-24(38)25-16(2)15-42-17(25)3/h9-12,15,19,22H,4-8,13-14H2,1-3H3/t19-,22-. The third-order valence-electron chi connectivity index (χ3n) is 7.31. The fourth-order valence-electron chi connectivity index (χ4n) is 5.43. The lowest BCUT2D eigenvalue weighted by atomic mass is 9.86. The number of carbonyl (C=O) groups excluding carboxylic acids is 3. The second-order valence-corrected chi connectivity index (χ2v) is 11.4. The van der Waals surface area contributed by atoms with E-state index in [1.165, 1.54) is 11.3 Å². The second-order valence-electron chi connectivity index (χ2n) is 10.3. The summed E-state index contributed by atoms with van der Waals surface area (Å²) in [5, 5.41) is 5.69. The van der Waals surface area contributed by atoms with Crippen molar-refractivity contribution >= 4 is 29.0 Å². The smallest absolute Gasteiger partial charge is 0.433 e. The lowest BCUT2D eigenvalue weighted by Crippen LogP contribution is -2.37. The van der Waals surface area contributed by atoms with Crippen molar-refractivity contribution in [3.05, 3.63) is 74.2 Å².